The van der Waals surface area contributed by atoms with Crippen LogP contribution in [0.5, 0.6) is 0 Å². The predicted octanol–water partition coefficient (Wildman–Crippen LogP) is -0.948. The lowest BCUT2D eigenvalue weighted by molar-refractivity contribution is -0.262. The second-order valence-electron chi connectivity index (χ2n) is 8.75. The van der Waals surface area contributed by atoms with Crippen LogP contribution in [-0.4, -0.2) is 80.9 Å². The molecule has 11 nitrogen and oxygen atoms in total. The Morgan fingerprint density at radius 2 is 1.80 bits per heavy atom. The summed E-state index contributed by atoms with van der Waals surface area (Å²) in [5.41, 5.74) is 11.5. The van der Waals surface area contributed by atoms with Gasteiger partial charge in [0.2, 0.25) is 5.79 Å². The number of nitrogens with zero attached hydrogens (tertiary/aromatic N) is 3. The number of benzene rings is 2. The van der Waals surface area contributed by atoms with Gasteiger partial charge in [0.25, 0.3) is 0 Å². The summed E-state index contributed by atoms with van der Waals surface area (Å²) in [6, 6.07) is 13.9. The Labute approximate surface area is 205 Å². The summed E-state index contributed by atoms with van der Waals surface area (Å²) in [4.78, 5) is 23.4. The molecule has 35 heavy (non-hydrogen) atoms. The molecule has 8 N–H and O–H groups in total. The normalized spacial score (nSPS) is 29.4. The Balaban J connectivity index is 1.50. The standard InChI is InChI=1S/C23H25ClN6O5/c24-14-8-6-13(7-9-14)17(12-4-2-1-3-5-12)19(32)35-16-10-30-21(26)27-15(11-31)18-22(30,23(16,33)34)29-20(25)28-18/h1-9,15-18,31,33-34H,10-11H2,(H2,26,27)(H3,25,28,29)/t15-,16-,17?,18-,22-/m0/s1. The number of carbonyl (C=O) groups is 1. The molecule has 5 rings (SSSR count). The molecule has 0 bridgehead atoms. The van der Waals surface area contributed by atoms with Gasteiger partial charge in [-0.15, -0.1) is 0 Å². The highest BCUT2D eigenvalue weighted by atomic mass is 35.5. The fourth-order valence-corrected chi connectivity index (χ4v) is 5.27. The van der Waals surface area contributed by atoms with Gasteiger partial charge < -0.3 is 41.7 Å². The van der Waals surface area contributed by atoms with Gasteiger partial charge in [-0.3, -0.25) is 4.79 Å². The van der Waals surface area contributed by atoms with E-state index in [1.54, 1.807) is 48.5 Å². The molecule has 0 saturated carbocycles. The summed E-state index contributed by atoms with van der Waals surface area (Å²) < 4.78 is 5.76. The number of guanidine groups is 2. The van der Waals surface area contributed by atoms with Crippen molar-refractivity contribution >= 4 is 29.5 Å². The number of aliphatic hydroxyl groups excluding tert-OH is 1. The molecule has 1 fully saturated rings. The molecule has 12 heteroatoms. The van der Waals surface area contributed by atoms with E-state index in [9.17, 15) is 20.1 Å². The van der Waals surface area contributed by atoms with Gasteiger partial charge in [-0.2, -0.15) is 0 Å². The van der Waals surface area contributed by atoms with Crippen molar-refractivity contribution in [3.8, 4) is 0 Å². The third-order valence-corrected chi connectivity index (χ3v) is 7.02. The van der Waals surface area contributed by atoms with Crippen LogP contribution in [0.25, 0.3) is 0 Å². The molecule has 2 aromatic carbocycles. The number of carbonyl (C=O) groups excluding carboxylic acids is 1. The van der Waals surface area contributed by atoms with Gasteiger partial charge >= 0.3 is 5.97 Å². The van der Waals surface area contributed by atoms with Crippen molar-refractivity contribution < 1.29 is 24.9 Å². The van der Waals surface area contributed by atoms with E-state index in [0.29, 0.717) is 16.1 Å². The molecule has 0 aliphatic carbocycles. The molecule has 1 unspecified atom stereocenters. The summed E-state index contributed by atoms with van der Waals surface area (Å²) in [6.07, 6.45) is -1.45. The number of nitrogens with two attached hydrogens (primary N) is 2. The lowest BCUT2D eigenvalue weighted by Crippen LogP contribution is -2.77. The van der Waals surface area contributed by atoms with Crippen LogP contribution < -0.4 is 16.8 Å². The fraction of sp³-hybridized carbons (Fsp3) is 0.348. The minimum absolute atomic E-state index is 0.0685. The molecule has 3 heterocycles. The molecule has 184 valence electrons. The first-order valence-electron chi connectivity index (χ1n) is 11.0. The molecule has 5 atom stereocenters. The average Bonchev–Trinajstić information content (AvgIpc) is 3.30. The zero-order valence-electron chi connectivity index (χ0n) is 18.5. The van der Waals surface area contributed by atoms with Crippen molar-refractivity contribution in [2.45, 2.75) is 35.6 Å². The topological polar surface area (TPSA) is 179 Å². The maximum atomic E-state index is 13.6. The number of nitrogens with one attached hydrogen (secondary N) is 1. The molecular weight excluding hydrogens is 476 g/mol. The predicted molar refractivity (Wildman–Crippen MR) is 127 cm³/mol. The highest BCUT2D eigenvalue weighted by molar-refractivity contribution is 6.30. The van der Waals surface area contributed by atoms with E-state index in [2.05, 4.69) is 15.3 Å². The van der Waals surface area contributed by atoms with Crippen molar-refractivity contribution in [2.75, 3.05) is 13.2 Å². The van der Waals surface area contributed by atoms with Crippen molar-refractivity contribution in [1.29, 1.82) is 0 Å². The number of esters is 1. The largest absolute Gasteiger partial charge is 0.454 e. The lowest BCUT2D eigenvalue weighted by atomic mass is 9.86. The Bertz CT molecular complexity index is 1190. The second kappa shape index (κ2) is 8.38. The Morgan fingerprint density at radius 3 is 2.46 bits per heavy atom. The van der Waals surface area contributed by atoms with Crippen LogP contribution >= 0.6 is 11.6 Å². The van der Waals surface area contributed by atoms with E-state index in [4.69, 9.17) is 27.8 Å². The maximum absolute atomic E-state index is 13.6. The zero-order chi connectivity index (χ0) is 25.0. The highest BCUT2D eigenvalue weighted by Gasteiger charge is 2.74. The second-order valence-corrected chi connectivity index (χ2v) is 9.18. The lowest BCUT2D eigenvalue weighted by Gasteiger charge is -2.48. The molecule has 1 saturated heterocycles. The zero-order valence-corrected chi connectivity index (χ0v) is 19.2. The first kappa shape index (κ1) is 23.4. The monoisotopic (exact) mass is 500 g/mol. The summed E-state index contributed by atoms with van der Waals surface area (Å²) in [6.45, 7) is -0.646. The first-order chi connectivity index (χ1) is 16.7. The maximum Gasteiger partial charge on any atom is 0.318 e. The van der Waals surface area contributed by atoms with Crippen LogP contribution in [0.15, 0.2) is 64.6 Å². The summed E-state index contributed by atoms with van der Waals surface area (Å²) in [5, 5.41) is 35.9. The number of hydrogen-bond donors (Lipinski definition) is 6. The van der Waals surface area contributed by atoms with Crippen LogP contribution in [0.2, 0.25) is 5.02 Å². The van der Waals surface area contributed by atoms with E-state index in [0.717, 1.165) is 0 Å². The molecule has 0 aromatic heterocycles. The number of ether oxygens (including phenoxy) is 1. The SMILES string of the molecule is NC1=N[C@H]2[C@H](CO)N=C(N)N3C[C@H](OC(=O)C(c4ccccc4)c4ccc(Cl)cc4)C(O)(O)[C@]23N1. The van der Waals surface area contributed by atoms with Crippen LogP contribution in [0, 0.1) is 0 Å². The van der Waals surface area contributed by atoms with Gasteiger partial charge in [-0.05, 0) is 23.3 Å². The van der Waals surface area contributed by atoms with Crippen molar-refractivity contribution in [3.63, 3.8) is 0 Å². The van der Waals surface area contributed by atoms with Crippen LogP contribution in [0.4, 0.5) is 0 Å². The van der Waals surface area contributed by atoms with Gasteiger partial charge in [0, 0.05) is 5.02 Å². The number of halogens is 1. The van der Waals surface area contributed by atoms with Crippen LogP contribution in [0.1, 0.15) is 17.0 Å². The highest BCUT2D eigenvalue weighted by Crippen LogP contribution is 2.46. The van der Waals surface area contributed by atoms with Gasteiger partial charge in [0.15, 0.2) is 23.7 Å². The van der Waals surface area contributed by atoms with Gasteiger partial charge in [0.1, 0.15) is 18.0 Å². The molecule has 2 aromatic rings. The van der Waals surface area contributed by atoms with Gasteiger partial charge in [0.05, 0.1) is 13.2 Å². The average molecular weight is 501 g/mol. The molecule has 1 spiro atoms. The molecule has 0 radical (unpaired) electrons. The van der Waals surface area contributed by atoms with Crippen molar-refractivity contribution in [1.82, 2.24) is 10.2 Å². The molecule has 3 aliphatic heterocycles. The Kier molecular flexibility index (Phi) is 5.59. The summed E-state index contributed by atoms with van der Waals surface area (Å²) in [7, 11) is 0. The third kappa shape index (κ3) is 3.50. The molecule has 3 aliphatic rings. The van der Waals surface area contributed by atoms with Gasteiger partial charge in [-0.1, -0.05) is 54.1 Å². The van der Waals surface area contributed by atoms with E-state index >= 15 is 0 Å². The van der Waals surface area contributed by atoms with Crippen LogP contribution in [-0.2, 0) is 9.53 Å². The van der Waals surface area contributed by atoms with Gasteiger partial charge in [-0.25, -0.2) is 9.98 Å². The minimum atomic E-state index is -2.69. The fourth-order valence-electron chi connectivity index (χ4n) is 5.15. The van der Waals surface area contributed by atoms with Crippen LogP contribution in [0.3, 0.4) is 0 Å². The van der Waals surface area contributed by atoms with E-state index in [-0.39, 0.29) is 18.5 Å². The molecule has 0 amide bonds. The third-order valence-electron chi connectivity index (χ3n) is 6.77. The van der Waals surface area contributed by atoms with E-state index in [1.165, 1.54) is 4.90 Å². The number of aliphatic imine (C=N–C) groups is 2. The van der Waals surface area contributed by atoms with E-state index < -0.39 is 48.1 Å². The minimum Gasteiger partial charge on any atom is -0.454 e. The van der Waals surface area contributed by atoms with Crippen molar-refractivity contribution in [2.24, 2.45) is 21.5 Å². The number of hydrogen-bond acceptors (Lipinski definition) is 11. The Hall–Kier alpha value is -3.38. The quantitative estimate of drug-likeness (QED) is 0.223. The molecular formula is C23H25ClN6O5. The smallest absolute Gasteiger partial charge is 0.318 e. The number of aliphatic hydroxyl groups is 3. The summed E-state index contributed by atoms with van der Waals surface area (Å²) >= 11 is 6.03. The van der Waals surface area contributed by atoms with E-state index in [1.807, 2.05) is 6.07 Å². The van der Waals surface area contributed by atoms with Crippen molar-refractivity contribution in [3.05, 3.63) is 70.7 Å². The Morgan fingerprint density at radius 1 is 1.14 bits per heavy atom. The number of rotatable bonds is 5. The first-order valence-corrected chi connectivity index (χ1v) is 11.4. The summed E-state index contributed by atoms with van der Waals surface area (Å²) in [5.74, 6) is -4.39.